The van der Waals surface area contributed by atoms with E-state index < -0.39 is 0 Å². The molecular formula is C19H15ClN2OS. The predicted octanol–water partition coefficient (Wildman–Crippen LogP) is 5.03. The Morgan fingerprint density at radius 2 is 1.88 bits per heavy atom. The molecule has 1 N–H and O–H groups in total. The number of rotatable bonds is 2. The Morgan fingerprint density at radius 1 is 1.08 bits per heavy atom. The van der Waals surface area contributed by atoms with Gasteiger partial charge in [0.15, 0.2) is 0 Å². The minimum Gasteiger partial charge on any atom is -0.266 e. The number of benzene rings is 2. The summed E-state index contributed by atoms with van der Waals surface area (Å²) in [6.45, 7) is 0. The molecule has 120 valence electrons. The predicted molar refractivity (Wildman–Crippen MR) is 100 cm³/mol. The van der Waals surface area contributed by atoms with Crippen molar-refractivity contribution in [2.45, 2.75) is 19.3 Å². The number of hydrogen-bond acceptors (Lipinski definition) is 3. The summed E-state index contributed by atoms with van der Waals surface area (Å²) in [7, 11) is 0. The normalized spacial score (nSPS) is 15.5. The van der Waals surface area contributed by atoms with Crippen LogP contribution >= 0.6 is 22.9 Å². The summed E-state index contributed by atoms with van der Waals surface area (Å²) < 4.78 is 1.00. The summed E-state index contributed by atoms with van der Waals surface area (Å²) in [5, 5.41) is 5.78. The molecule has 0 saturated heterocycles. The molecule has 2 aromatic carbocycles. The number of fused-ring (bicyclic) bond motifs is 2. The highest BCUT2D eigenvalue weighted by molar-refractivity contribution is 7.21. The number of aryl methyl sites for hydroxylation is 1. The zero-order chi connectivity index (χ0) is 16.5. The molecular weight excluding hydrogens is 340 g/mol. The van der Waals surface area contributed by atoms with E-state index in [0.717, 1.165) is 40.6 Å². The van der Waals surface area contributed by atoms with Crippen molar-refractivity contribution in [1.29, 1.82) is 0 Å². The Balaban J connectivity index is 1.62. The first kappa shape index (κ1) is 15.4. The second kappa shape index (κ2) is 6.38. The van der Waals surface area contributed by atoms with Crippen LogP contribution in [0.1, 0.15) is 33.6 Å². The van der Waals surface area contributed by atoms with Crippen LogP contribution in [0.5, 0.6) is 0 Å². The molecule has 1 heterocycles. The van der Waals surface area contributed by atoms with Crippen LogP contribution in [0, 0.1) is 0 Å². The van der Waals surface area contributed by atoms with E-state index in [0.29, 0.717) is 9.90 Å². The number of amides is 1. The van der Waals surface area contributed by atoms with Crippen molar-refractivity contribution >= 4 is 44.6 Å². The van der Waals surface area contributed by atoms with E-state index in [1.54, 1.807) is 0 Å². The molecule has 0 aliphatic heterocycles. The summed E-state index contributed by atoms with van der Waals surface area (Å²) in [5.74, 6) is -0.253. The van der Waals surface area contributed by atoms with Crippen molar-refractivity contribution < 1.29 is 4.79 Å². The molecule has 4 rings (SSSR count). The number of nitrogens with zero attached hydrogens (tertiary/aromatic N) is 1. The second-order valence-electron chi connectivity index (χ2n) is 5.75. The Hall–Kier alpha value is -2.17. The maximum atomic E-state index is 12.5. The van der Waals surface area contributed by atoms with Gasteiger partial charge in [0.1, 0.15) is 4.88 Å². The molecule has 0 saturated carbocycles. The second-order valence-corrected chi connectivity index (χ2v) is 7.18. The monoisotopic (exact) mass is 354 g/mol. The lowest BCUT2D eigenvalue weighted by Gasteiger charge is -2.17. The largest absolute Gasteiger partial charge is 0.283 e. The third-order valence-corrected chi connectivity index (χ3v) is 5.90. The molecule has 1 aromatic heterocycles. The molecule has 0 fully saturated rings. The standard InChI is InChI=1S/C19H15ClN2OS/c20-17-14-9-3-4-11-16(14)24-18(17)19(23)22-21-15-10-5-7-12-6-1-2-8-13(12)15/h1-4,6,8-9,11H,5,7,10H2,(H,22,23). The molecule has 1 aliphatic rings. The average molecular weight is 355 g/mol. The van der Waals surface area contributed by atoms with Crippen LogP contribution in [0.4, 0.5) is 0 Å². The Morgan fingerprint density at radius 3 is 2.75 bits per heavy atom. The minimum absolute atomic E-state index is 0.253. The fourth-order valence-corrected chi connectivity index (χ4v) is 4.45. The molecule has 0 atom stereocenters. The van der Waals surface area contributed by atoms with E-state index >= 15 is 0 Å². The molecule has 0 unspecified atom stereocenters. The van der Waals surface area contributed by atoms with Gasteiger partial charge in [-0.25, -0.2) is 5.43 Å². The highest BCUT2D eigenvalue weighted by Gasteiger charge is 2.18. The van der Waals surface area contributed by atoms with E-state index in [1.165, 1.54) is 16.9 Å². The van der Waals surface area contributed by atoms with Crippen molar-refractivity contribution in [2.24, 2.45) is 5.10 Å². The van der Waals surface area contributed by atoms with Crippen molar-refractivity contribution in [2.75, 3.05) is 0 Å². The lowest BCUT2D eigenvalue weighted by Crippen LogP contribution is -2.21. The molecule has 24 heavy (non-hydrogen) atoms. The van der Waals surface area contributed by atoms with Crippen LogP contribution in [0.15, 0.2) is 53.6 Å². The SMILES string of the molecule is O=C(NN=C1CCCc2ccccc21)c1sc2ccccc2c1Cl. The van der Waals surface area contributed by atoms with Gasteiger partial charge < -0.3 is 0 Å². The summed E-state index contributed by atoms with van der Waals surface area (Å²) in [6, 6.07) is 16.0. The van der Waals surface area contributed by atoms with Crippen molar-refractivity contribution in [3.63, 3.8) is 0 Å². The molecule has 3 nitrogen and oxygen atoms in total. The van der Waals surface area contributed by atoms with Gasteiger partial charge in [-0.3, -0.25) is 4.79 Å². The lowest BCUT2D eigenvalue weighted by molar-refractivity contribution is 0.0959. The van der Waals surface area contributed by atoms with Crippen molar-refractivity contribution in [3.05, 3.63) is 69.6 Å². The number of halogens is 1. The molecule has 3 aromatic rings. The number of hydrogen-bond donors (Lipinski definition) is 1. The topological polar surface area (TPSA) is 41.5 Å². The van der Waals surface area contributed by atoms with Gasteiger partial charge in [0.2, 0.25) is 0 Å². The highest BCUT2D eigenvalue weighted by Crippen LogP contribution is 2.35. The van der Waals surface area contributed by atoms with Crippen molar-refractivity contribution in [1.82, 2.24) is 5.43 Å². The van der Waals surface area contributed by atoms with Crippen LogP contribution in [-0.4, -0.2) is 11.6 Å². The van der Waals surface area contributed by atoms with E-state index in [9.17, 15) is 4.79 Å². The van der Waals surface area contributed by atoms with E-state index in [4.69, 9.17) is 11.6 Å². The van der Waals surface area contributed by atoms with Gasteiger partial charge in [0.25, 0.3) is 5.91 Å². The van der Waals surface area contributed by atoms with E-state index in [-0.39, 0.29) is 5.91 Å². The number of carbonyl (C=O) groups excluding carboxylic acids is 1. The molecule has 5 heteroatoms. The highest BCUT2D eigenvalue weighted by atomic mass is 35.5. The first-order valence-corrected chi connectivity index (χ1v) is 9.05. The molecule has 1 aliphatic carbocycles. The van der Waals surface area contributed by atoms with Gasteiger partial charge in [-0.2, -0.15) is 5.10 Å². The van der Waals surface area contributed by atoms with Gasteiger partial charge in [-0.1, -0.05) is 54.1 Å². The molecule has 0 bridgehead atoms. The zero-order valence-corrected chi connectivity index (χ0v) is 14.5. The fraction of sp³-hybridized carbons (Fsp3) is 0.158. The summed E-state index contributed by atoms with van der Waals surface area (Å²) in [5.41, 5.74) is 6.04. The Labute approximate surface area is 149 Å². The third kappa shape index (κ3) is 2.72. The summed E-state index contributed by atoms with van der Waals surface area (Å²) >= 11 is 7.75. The average Bonchev–Trinajstić information content (AvgIpc) is 2.97. The fourth-order valence-electron chi connectivity index (χ4n) is 3.05. The Bertz CT molecular complexity index is 961. The number of thiophene rings is 1. The Kier molecular flexibility index (Phi) is 4.08. The van der Waals surface area contributed by atoms with Gasteiger partial charge >= 0.3 is 0 Å². The molecule has 0 radical (unpaired) electrons. The summed E-state index contributed by atoms with van der Waals surface area (Å²) in [4.78, 5) is 13.0. The van der Waals surface area contributed by atoms with E-state index in [1.807, 2.05) is 36.4 Å². The quantitative estimate of drug-likeness (QED) is 0.644. The van der Waals surface area contributed by atoms with Crippen LogP contribution in [0.2, 0.25) is 5.02 Å². The first-order valence-electron chi connectivity index (χ1n) is 7.86. The van der Waals surface area contributed by atoms with E-state index in [2.05, 4.69) is 22.7 Å². The van der Waals surface area contributed by atoms with Crippen LogP contribution in [-0.2, 0) is 6.42 Å². The van der Waals surface area contributed by atoms with Crippen LogP contribution < -0.4 is 5.43 Å². The maximum absolute atomic E-state index is 12.5. The lowest BCUT2D eigenvalue weighted by atomic mass is 9.90. The van der Waals surface area contributed by atoms with Crippen molar-refractivity contribution in [3.8, 4) is 0 Å². The smallest absolute Gasteiger partial charge is 0.266 e. The van der Waals surface area contributed by atoms with Gasteiger partial charge in [-0.05, 0) is 30.9 Å². The molecule has 0 spiro atoms. The van der Waals surface area contributed by atoms with Gasteiger partial charge in [-0.15, -0.1) is 11.3 Å². The first-order chi connectivity index (χ1) is 11.7. The minimum atomic E-state index is -0.253. The number of hydrazone groups is 1. The zero-order valence-electron chi connectivity index (χ0n) is 12.9. The summed E-state index contributed by atoms with van der Waals surface area (Å²) in [6.07, 6.45) is 2.98. The third-order valence-electron chi connectivity index (χ3n) is 4.22. The number of nitrogens with one attached hydrogen (secondary N) is 1. The molecule has 1 amide bonds. The van der Waals surface area contributed by atoms with Crippen LogP contribution in [0.3, 0.4) is 0 Å². The maximum Gasteiger partial charge on any atom is 0.283 e. The van der Waals surface area contributed by atoms with Crippen LogP contribution in [0.25, 0.3) is 10.1 Å². The number of carbonyl (C=O) groups is 1. The van der Waals surface area contributed by atoms with Gasteiger partial charge in [0.05, 0.1) is 10.7 Å². The van der Waals surface area contributed by atoms with Gasteiger partial charge in [0, 0.05) is 15.6 Å².